The van der Waals surface area contributed by atoms with E-state index in [1.165, 1.54) is 199 Å². The van der Waals surface area contributed by atoms with Gasteiger partial charge in [-0.3, -0.25) is 18.6 Å². The zero-order chi connectivity index (χ0) is 46.9. The Hall–Kier alpha value is -1.55. The van der Waals surface area contributed by atoms with Crippen molar-refractivity contribution < 1.29 is 42.7 Å². The highest BCUT2D eigenvalue weighted by molar-refractivity contribution is 7.47. The van der Waals surface area contributed by atoms with Gasteiger partial charge in [-0.25, -0.2) is 4.57 Å². The number of nitrogens with two attached hydrogens (primary N) is 1. The van der Waals surface area contributed by atoms with E-state index in [0.717, 1.165) is 44.9 Å². The van der Waals surface area contributed by atoms with Crippen molar-refractivity contribution in [2.24, 2.45) is 5.73 Å². The topological polar surface area (TPSA) is 155 Å². The van der Waals surface area contributed by atoms with E-state index in [4.69, 9.17) is 29.4 Å². The number of esters is 1. The van der Waals surface area contributed by atoms with E-state index in [0.29, 0.717) is 6.61 Å². The molecule has 0 rings (SSSR count). The fourth-order valence-electron chi connectivity index (χ4n) is 7.81. The molecule has 3 unspecified atom stereocenters. The number of hydrogen-bond acceptors (Lipinski definition) is 8. The van der Waals surface area contributed by atoms with E-state index >= 15 is 0 Å². The molecule has 0 aliphatic heterocycles. The van der Waals surface area contributed by atoms with Crippen LogP contribution in [0, 0.1) is 0 Å². The number of carboxylic acids is 1. The lowest BCUT2D eigenvalue weighted by molar-refractivity contribution is -0.154. The molecule has 0 fully saturated rings. The van der Waals surface area contributed by atoms with Crippen molar-refractivity contribution in [1.29, 1.82) is 0 Å². The van der Waals surface area contributed by atoms with Crippen LogP contribution in [-0.2, 0) is 32.7 Å². The highest BCUT2D eigenvalue weighted by Gasteiger charge is 2.27. The zero-order valence-corrected chi connectivity index (χ0v) is 42.5. The monoisotopic (exact) mass is 928 g/mol. The molecule has 378 valence electrons. The van der Waals surface area contributed by atoms with Crippen LogP contribution in [0.3, 0.4) is 0 Å². The second kappa shape index (κ2) is 49.4. The SMILES string of the molecule is CCCCCCC/C=C\C/C=C\CCCCCCCCCCCCOCC(COP(=O)(O)OCC(N)C(=O)O)OC(=O)CCCCCCCCCCCCCCCCCCCCCC. The molecular formula is C53H102NO9P. The summed E-state index contributed by atoms with van der Waals surface area (Å²) in [6.45, 7) is 3.92. The highest BCUT2D eigenvalue weighted by Crippen LogP contribution is 2.43. The van der Waals surface area contributed by atoms with Gasteiger partial charge in [-0.05, 0) is 44.9 Å². The average Bonchev–Trinajstić information content (AvgIpc) is 3.28. The summed E-state index contributed by atoms with van der Waals surface area (Å²) in [4.78, 5) is 33.7. The predicted molar refractivity (Wildman–Crippen MR) is 268 cm³/mol. The number of phosphoric acid groups is 1. The average molecular weight is 928 g/mol. The lowest BCUT2D eigenvalue weighted by Crippen LogP contribution is -2.34. The summed E-state index contributed by atoms with van der Waals surface area (Å²) in [5.41, 5.74) is 5.38. The summed E-state index contributed by atoms with van der Waals surface area (Å²) in [6, 6.07) is -1.47. The standard InChI is InChI=1S/C53H102NO9P/c1-3-5-7-9-11-13-15-17-19-21-23-25-26-28-30-32-34-36-38-40-42-44-46-60-47-50(48-61-64(58,59)62-49-51(54)53(56)57)63-52(55)45-43-41-39-37-35-33-31-29-27-24-22-20-18-16-14-12-10-8-6-4-2/h15,17,21,23,50-51H,3-14,16,18-20,22,24-49,54H2,1-2H3,(H,56,57)(H,58,59)/b17-15-,23-21-. The predicted octanol–water partition coefficient (Wildman–Crippen LogP) is 15.8. The number of ether oxygens (including phenoxy) is 2. The zero-order valence-electron chi connectivity index (χ0n) is 41.6. The van der Waals surface area contributed by atoms with Crippen LogP contribution in [0.15, 0.2) is 24.3 Å². The first-order valence-electron chi connectivity index (χ1n) is 26.9. The Kier molecular flexibility index (Phi) is 48.2. The molecule has 11 heteroatoms. The number of phosphoric ester groups is 1. The van der Waals surface area contributed by atoms with Gasteiger partial charge in [-0.15, -0.1) is 0 Å². The molecule has 0 aromatic heterocycles. The molecule has 0 aliphatic rings. The van der Waals surface area contributed by atoms with Gasteiger partial charge in [-0.1, -0.05) is 237 Å². The second-order valence-electron chi connectivity index (χ2n) is 18.4. The first-order valence-corrected chi connectivity index (χ1v) is 28.4. The van der Waals surface area contributed by atoms with Crippen LogP contribution in [0.1, 0.15) is 264 Å². The third-order valence-corrected chi connectivity index (χ3v) is 12.9. The van der Waals surface area contributed by atoms with Gasteiger partial charge < -0.3 is 25.2 Å². The number of carboxylic acid groups (broad SMARTS) is 1. The van der Waals surface area contributed by atoms with Crippen molar-refractivity contribution in [2.75, 3.05) is 26.4 Å². The lowest BCUT2D eigenvalue weighted by Gasteiger charge is -2.20. The molecule has 0 spiro atoms. The number of carbonyl (C=O) groups is 2. The van der Waals surface area contributed by atoms with Crippen LogP contribution >= 0.6 is 7.82 Å². The van der Waals surface area contributed by atoms with Crippen LogP contribution in [0.25, 0.3) is 0 Å². The summed E-state index contributed by atoms with van der Waals surface area (Å²) in [5.74, 6) is -1.77. The molecule has 0 amide bonds. The van der Waals surface area contributed by atoms with Crippen LogP contribution in [0.2, 0.25) is 0 Å². The van der Waals surface area contributed by atoms with Gasteiger partial charge in [0.15, 0.2) is 0 Å². The lowest BCUT2D eigenvalue weighted by atomic mass is 10.0. The molecule has 0 aromatic rings. The summed E-state index contributed by atoms with van der Waals surface area (Å²) < 4.78 is 33.6. The Morgan fingerprint density at radius 2 is 0.859 bits per heavy atom. The minimum Gasteiger partial charge on any atom is -0.480 e. The van der Waals surface area contributed by atoms with Crippen molar-refractivity contribution in [3.05, 3.63) is 24.3 Å². The number of rotatable bonds is 52. The van der Waals surface area contributed by atoms with E-state index < -0.39 is 45.1 Å². The Bertz CT molecular complexity index is 1120. The summed E-state index contributed by atoms with van der Waals surface area (Å²) in [6.07, 6.45) is 56.6. The maximum Gasteiger partial charge on any atom is 0.472 e. The van der Waals surface area contributed by atoms with Gasteiger partial charge >= 0.3 is 19.8 Å². The number of aliphatic carboxylic acids is 1. The second-order valence-corrected chi connectivity index (χ2v) is 19.8. The van der Waals surface area contributed by atoms with Crippen LogP contribution in [0.4, 0.5) is 0 Å². The molecule has 0 aromatic carbocycles. The Labute approximate surface area is 394 Å². The third-order valence-electron chi connectivity index (χ3n) is 12.0. The van der Waals surface area contributed by atoms with E-state index in [9.17, 15) is 19.0 Å². The first-order chi connectivity index (χ1) is 31.2. The van der Waals surface area contributed by atoms with Crippen molar-refractivity contribution >= 4 is 19.8 Å². The van der Waals surface area contributed by atoms with E-state index in [2.05, 4.69) is 38.2 Å². The smallest absolute Gasteiger partial charge is 0.472 e. The molecule has 3 atom stereocenters. The molecule has 0 bridgehead atoms. The molecule has 64 heavy (non-hydrogen) atoms. The molecule has 4 N–H and O–H groups in total. The fourth-order valence-corrected chi connectivity index (χ4v) is 8.59. The van der Waals surface area contributed by atoms with Crippen molar-refractivity contribution in [1.82, 2.24) is 0 Å². The van der Waals surface area contributed by atoms with Gasteiger partial charge in [-0.2, -0.15) is 0 Å². The number of unbranched alkanes of at least 4 members (excludes halogenated alkanes) is 34. The molecule has 10 nitrogen and oxygen atoms in total. The van der Waals surface area contributed by atoms with E-state index in [1.807, 2.05) is 0 Å². The highest BCUT2D eigenvalue weighted by atomic mass is 31.2. The maximum atomic E-state index is 12.7. The first kappa shape index (κ1) is 62.4. The molecule has 0 radical (unpaired) electrons. The molecule has 0 aliphatic carbocycles. The molecule has 0 heterocycles. The minimum absolute atomic E-state index is 0.0196. The van der Waals surface area contributed by atoms with Gasteiger partial charge in [0.25, 0.3) is 0 Å². The summed E-state index contributed by atoms with van der Waals surface area (Å²) >= 11 is 0. The third kappa shape index (κ3) is 48.4. The van der Waals surface area contributed by atoms with E-state index in [-0.39, 0.29) is 13.0 Å². The Morgan fingerprint density at radius 1 is 0.500 bits per heavy atom. The summed E-state index contributed by atoms with van der Waals surface area (Å²) in [5, 5.41) is 8.94. The number of carbonyl (C=O) groups excluding carboxylic acids is 1. The largest absolute Gasteiger partial charge is 0.480 e. The van der Waals surface area contributed by atoms with Crippen molar-refractivity contribution in [3.63, 3.8) is 0 Å². The van der Waals surface area contributed by atoms with Gasteiger partial charge in [0, 0.05) is 13.0 Å². The van der Waals surface area contributed by atoms with Gasteiger partial charge in [0.2, 0.25) is 0 Å². The van der Waals surface area contributed by atoms with Crippen molar-refractivity contribution in [2.45, 2.75) is 276 Å². The normalized spacial score (nSPS) is 13.8. The fraction of sp³-hybridized carbons (Fsp3) is 0.887. The quantitative estimate of drug-likeness (QED) is 0.0232. The molecular weight excluding hydrogens is 826 g/mol. The Morgan fingerprint density at radius 3 is 1.27 bits per heavy atom. The Balaban J connectivity index is 4.09. The van der Waals surface area contributed by atoms with Crippen LogP contribution in [0.5, 0.6) is 0 Å². The van der Waals surface area contributed by atoms with Crippen molar-refractivity contribution in [3.8, 4) is 0 Å². The minimum atomic E-state index is -4.62. The van der Waals surface area contributed by atoms with Crippen LogP contribution < -0.4 is 5.73 Å². The van der Waals surface area contributed by atoms with Gasteiger partial charge in [0.05, 0.1) is 19.8 Å². The summed E-state index contributed by atoms with van der Waals surface area (Å²) in [7, 11) is -4.62. The van der Waals surface area contributed by atoms with E-state index in [1.54, 1.807) is 0 Å². The molecule has 0 saturated heterocycles. The van der Waals surface area contributed by atoms with Crippen LogP contribution in [-0.4, -0.2) is 60.5 Å². The van der Waals surface area contributed by atoms with Gasteiger partial charge in [0.1, 0.15) is 12.1 Å². The maximum absolute atomic E-state index is 12.7. The molecule has 0 saturated carbocycles. The number of hydrogen-bond donors (Lipinski definition) is 3. The number of allylic oxidation sites excluding steroid dienone is 4.